The lowest BCUT2D eigenvalue weighted by atomic mass is 10.2. The van der Waals surface area contributed by atoms with Gasteiger partial charge in [-0.05, 0) is 34.6 Å². The zero-order valence-electron chi connectivity index (χ0n) is 14.7. The molecule has 2 rings (SSSR count). The average molecular weight is 324 g/mol. The van der Waals surface area contributed by atoms with Gasteiger partial charge in [0.2, 0.25) is 0 Å². The minimum atomic E-state index is 0.286. The van der Waals surface area contributed by atoms with E-state index in [1.807, 2.05) is 23.5 Å². The number of nitrogens with zero attached hydrogens (tertiary/aromatic N) is 4. The Bertz CT molecular complexity index is 547. The number of nitrogens with one attached hydrogen (secondary N) is 1. The third-order valence-corrected chi connectivity index (χ3v) is 5.40. The molecule has 0 bridgehead atoms. The van der Waals surface area contributed by atoms with Gasteiger partial charge in [0.25, 0.3) is 0 Å². The fourth-order valence-corrected chi connectivity index (χ4v) is 3.93. The number of aryl methyl sites for hydroxylation is 2. The third kappa shape index (κ3) is 3.97. The Morgan fingerprint density at radius 2 is 2.14 bits per heavy atom. The molecule has 1 aliphatic rings. The van der Waals surface area contributed by atoms with Crippen molar-refractivity contribution in [2.24, 2.45) is 12.0 Å². The lowest BCUT2D eigenvalue weighted by molar-refractivity contribution is 0.376. The summed E-state index contributed by atoms with van der Waals surface area (Å²) >= 11 is 2.04. The van der Waals surface area contributed by atoms with Gasteiger partial charge in [-0.2, -0.15) is 16.9 Å². The molecule has 124 valence electrons. The van der Waals surface area contributed by atoms with Gasteiger partial charge < -0.3 is 10.2 Å². The summed E-state index contributed by atoms with van der Waals surface area (Å²) in [6, 6.07) is 0. The van der Waals surface area contributed by atoms with Crippen molar-refractivity contribution in [3.05, 3.63) is 17.0 Å². The van der Waals surface area contributed by atoms with Crippen molar-refractivity contribution in [3.8, 4) is 0 Å². The van der Waals surface area contributed by atoms with Crippen LogP contribution >= 0.6 is 11.8 Å². The summed E-state index contributed by atoms with van der Waals surface area (Å²) in [5.74, 6) is 2.18. The van der Waals surface area contributed by atoms with Crippen LogP contribution in [0, 0.1) is 13.8 Å². The summed E-state index contributed by atoms with van der Waals surface area (Å²) < 4.78 is 2.22. The molecule has 0 unspecified atom stereocenters. The molecule has 1 aromatic heterocycles. The first-order valence-corrected chi connectivity index (χ1v) is 8.99. The molecule has 0 atom stereocenters. The van der Waals surface area contributed by atoms with Crippen LogP contribution in [0.25, 0.3) is 0 Å². The lowest BCUT2D eigenvalue weighted by Crippen LogP contribution is -2.50. The van der Waals surface area contributed by atoms with Gasteiger partial charge in [-0.3, -0.25) is 4.68 Å². The minimum Gasteiger partial charge on any atom is -0.357 e. The van der Waals surface area contributed by atoms with Gasteiger partial charge in [0.1, 0.15) is 0 Å². The van der Waals surface area contributed by atoms with Crippen molar-refractivity contribution in [2.75, 3.05) is 25.4 Å². The first kappa shape index (κ1) is 17.2. The molecule has 1 saturated heterocycles. The monoisotopic (exact) mass is 323 g/mol. The largest absolute Gasteiger partial charge is 0.357 e. The van der Waals surface area contributed by atoms with Crippen molar-refractivity contribution in [1.82, 2.24) is 20.0 Å². The highest BCUT2D eigenvalue weighted by atomic mass is 32.2. The zero-order valence-corrected chi connectivity index (χ0v) is 15.5. The molecular formula is C16H29N5S. The second-order valence-electron chi connectivity index (χ2n) is 6.47. The van der Waals surface area contributed by atoms with Crippen LogP contribution in [0.5, 0.6) is 0 Å². The highest BCUT2D eigenvalue weighted by molar-refractivity contribution is 8.00. The number of guanidine groups is 1. The van der Waals surface area contributed by atoms with Gasteiger partial charge in [0.05, 0.1) is 12.2 Å². The number of thioether (sulfide) groups is 1. The molecule has 22 heavy (non-hydrogen) atoms. The molecule has 0 amide bonds. The van der Waals surface area contributed by atoms with E-state index in [9.17, 15) is 0 Å². The predicted octanol–water partition coefficient (Wildman–Crippen LogP) is 2.33. The number of aliphatic imine (C=N–C) groups is 1. The maximum atomic E-state index is 4.88. The van der Waals surface area contributed by atoms with Gasteiger partial charge in [0.15, 0.2) is 5.96 Å². The number of hydrogen-bond acceptors (Lipinski definition) is 3. The SMILES string of the molecule is CCNC(=NCc1c(C)nn(C)c1C)N1CCSC(C)(C)C1. The summed E-state index contributed by atoms with van der Waals surface area (Å²) in [4.78, 5) is 7.27. The quantitative estimate of drug-likeness (QED) is 0.685. The second-order valence-corrected chi connectivity index (χ2v) is 8.27. The lowest BCUT2D eigenvalue weighted by Gasteiger charge is -2.39. The summed E-state index contributed by atoms with van der Waals surface area (Å²) in [6.45, 7) is 14.6. The van der Waals surface area contributed by atoms with E-state index in [0.29, 0.717) is 6.54 Å². The van der Waals surface area contributed by atoms with Gasteiger partial charge >= 0.3 is 0 Å². The van der Waals surface area contributed by atoms with Crippen molar-refractivity contribution in [1.29, 1.82) is 0 Å². The van der Waals surface area contributed by atoms with Gasteiger partial charge in [0, 0.05) is 48.4 Å². The van der Waals surface area contributed by atoms with Gasteiger partial charge in [-0.25, -0.2) is 4.99 Å². The van der Waals surface area contributed by atoms with Gasteiger partial charge in [-0.1, -0.05) is 0 Å². The first-order valence-electron chi connectivity index (χ1n) is 8.00. The molecule has 6 heteroatoms. The van der Waals surface area contributed by atoms with Crippen molar-refractivity contribution >= 4 is 17.7 Å². The van der Waals surface area contributed by atoms with Crippen LogP contribution in [0.2, 0.25) is 0 Å². The van der Waals surface area contributed by atoms with Crippen molar-refractivity contribution < 1.29 is 0 Å². The molecule has 0 aliphatic carbocycles. The molecule has 1 fully saturated rings. The Morgan fingerprint density at radius 1 is 1.41 bits per heavy atom. The molecule has 0 spiro atoms. The Balaban J connectivity index is 2.16. The van der Waals surface area contributed by atoms with E-state index in [0.717, 1.165) is 37.0 Å². The maximum absolute atomic E-state index is 4.88. The number of hydrogen-bond donors (Lipinski definition) is 1. The predicted molar refractivity (Wildman–Crippen MR) is 95.6 cm³/mol. The third-order valence-electron chi connectivity index (χ3n) is 4.11. The van der Waals surface area contributed by atoms with E-state index in [2.05, 4.69) is 49.9 Å². The maximum Gasteiger partial charge on any atom is 0.194 e. The van der Waals surface area contributed by atoms with Crippen LogP contribution in [0.4, 0.5) is 0 Å². The van der Waals surface area contributed by atoms with Crippen molar-refractivity contribution in [2.45, 2.75) is 45.9 Å². The number of rotatable bonds is 3. The zero-order chi connectivity index (χ0) is 16.3. The highest BCUT2D eigenvalue weighted by Gasteiger charge is 2.28. The molecule has 1 aliphatic heterocycles. The highest BCUT2D eigenvalue weighted by Crippen LogP contribution is 2.29. The summed E-state index contributed by atoms with van der Waals surface area (Å²) in [7, 11) is 1.99. The molecule has 0 saturated carbocycles. The first-order chi connectivity index (χ1) is 10.3. The molecule has 1 N–H and O–H groups in total. The Morgan fingerprint density at radius 3 is 2.68 bits per heavy atom. The fraction of sp³-hybridized carbons (Fsp3) is 0.750. The fourth-order valence-electron chi connectivity index (χ4n) is 2.82. The van der Waals surface area contributed by atoms with Gasteiger partial charge in [-0.15, -0.1) is 0 Å². The van der Waals surface area contributed by atoms with Crippen LogP contribution in [0.15, 0.2) is 4.99 Å². The van der Waals surface area contributed by atoms with E-state index < -0.39 is 0 Å². The topological polar surface area (TPSA) is 45.5 Å². The summed E-state index contributed by atoms with van der Waals surface area (Å²) in [5.41, 5.74) is 3.52. The van der Waals surface area contributed by atoms with E-state index in [1.54, 1.807) is 0 Å². The molecule has 1 aromatic rings. The van der Waals surface area contributed by atoms with E-state index >= 15 is 0 Å². The molecule has 5 nitrogen and oxygen atoms in total. The van der Waals surface area contributed by atoms with E-state index in [4.69, 9.17) is 4.99 Å². The van der Waals surface area contributed by atoms with Crippen LogP contribution in [-0.4, -0.2) is 50.8 Å². The minimum absolute atomic E-state index is 0.286. The van der Waals surface area contributed by atoms with E-state index in [1.165, 1.54) is 11.3 Å². The van der Waals surface area contributed by atoms with Crippen LogP contribution in [-0.2, 0) is 13.6 Å². The van der Waals surface area contributed by atoms with Crippen LogP contribution < -0.4 is 5.32 Å². The molecule has 0 radical (unpaired) electrons. The Hall–Kier alpha value is -1.17. The number of aromatic nitrogens is 2. The molecular weight excluding hydrogens is 294 g/mol. The van der Waals surface area contributed by atoms with Crippen molar-refractivity contribution in [3.63, 3.8) is 0 Å². The summed E-state index contributed by atoms with van der Waals surface area (Å²) in [5, 5.41) is 7.93. The molecule has 2 heterocycles. The van der Waals surface area contributed by atoms with Crippen LogP contribution in [0.1, 0.15) is 37.7 Å². The smallest absolute Gasteiger partial charge is 0.194 e. The second kappa shape index (κ2) is 6.94. The average Bonchev–Trinajstić information content (AvgIpc) is 2.67. The van der Waals surface area contributed by atoms with Crippen LogP contribution in [0.3, 0.4) is 0 Å². The normalized spacial score (nSPS) is 18.6. The Labute approximate surface area is 138 Å². The van der Waals surface area contributed by atoms with E-state index in [-0.39, 0.29) is 4.75 Å². The summed E-state index contributed by atoms with van der Waals surface area (Å²) in [6.07, 6.45) is 0. The molecule has 0 aromatic carbocycles. The standard InChI is InChI=1S/C16H29N5S/c1-7-17-15(21-8-9-22-16(4,5)11-21)18-10-14-12(2)19-20(6)13(14)3/h7-11H2,1-6H3,(H,17,18). The Kier molecular flexibility index (Phi) is 5.42.